The van der Waals surface area contributed by atoms with Crippen LogP contribution >= 0.6 is 11.8 Å². The summed E-state index contributed by atoms with van der Waals surface area (Å²) in [5.74, 6) is 0.847. The zero-order valence-electron chi connectivity index (χ0n) is 15.9. The van der Waals surface area contributed by atoms with E-state index in [0.717, 1.165) is 29.9 Å². The molecule has 0 saturated carbocycles. The van der Waals surface area contributed by atoms with Crippen molar-refractivity contribution < 1.29 is 0 Å². The summed E-state index contributed by atoms with van der Waals surface area (Å²) in [5, 5.41) is 16.6. The summed E-state index contributed by atoms with van der Waals surface area (Å²) < 4.78 is 0. The van der Waals surface area contributed by atoms with Gasteiger partial charge in [-0.1, -0.05) is 12.2 Å². The van der Waals surface area contributed by atoms with Crippen LogP contribution in [-0.2, 0) is 0 Å². The van der Waals surface area contributed by atoms with E-state index in [1.54, 1.807) is 11.8 Å². The molecule has 0 radical (unpaired) electrons. The largest absolute Gasteiger partial charge is 0.366 e. The Kier molecular flexibility index (Phi) is 4.43. The van der Waals surface area contributed by atoms with E-state index in [-0.39, 0.29) is 17.1 Å². The summed E-state index contributed by atoms with van der Waals surface area (Å²) in [4.78, 5) is 4.50. The minimum atomic E-state index is 0.112. The lowest BCUT2D eigenvalue weighted by Crippen LogP contribution is -2.60. The third kappa shape index (κ3) is 3.86. The number of fused-ring (bicyclic) bond motifs is 1. The number of aliphatic imine (C=N–C) groups is 1. The number of piperidine rings is 1. The Balaban J connectivity index is 1.45. The number of anilines is 1. The molecule has 2 unspecified atom stereocenters. The molecular formula is C20H27N5S. The minimum absolute atomic E-state index is 0.112. The fourth-order valence-electron chi connectivity index (χ4n) is 4.44. The van der Waals surface area contributed by atoms with E-state index in [9.17, 15) is 0 Å². The predicted molar refractivity (Wildman–Crippen MR) is 111 cm³/mol. The van der Waals surface area contributed by atoms with Crippen LogP contribution in [0, 0.1) is 0 Å². The number of hydrogen-bond acceptors (Lipinski definition) is 6. The van der Waals surface area contributed by atoms with Gasteiger partial charge in [0, 0.05) is 17.1 Å². The first-order valence-electron chi connectivity index (χ1n) is 9.27. The van der Waals surface area contributed by atoms with Crippen LogP contribution in [-0.4, -0.2) is 44.2 Å². The zero-order chi connectivity index (χ0) is 18.4. The van der Waals surface area contributed by atoms with Crippen molar-refractivity contribution in [2.45, 2.75) is 68.9 Å². The summed E-state index contributed by atoms with van der Waals surface area (Å²) in [7, 11) is 0. The first-order chi connectivity index (χ1) is 12.3. The van der Waals surface area contributed by atoms with Gasteiger partial charge in [0.15, 0.2) is 0 Å². The summed E-state index contributed by atoms with van der Waals surface area (Å²) in [5.41, 5.74) is 4.18. The van der Waals surface area contributed by atoms with Crippen molar-refractivity contribution in [1.29, 1.82) is 0 Å². The van der Waals surface area contributed by atoms with Crippen LogP contribution < -0.4 is 10.6 Å². The van der Waals surface area contributed by atoms with Gasteiger partial charge in [-0.25, -0.2) is 0 Å². The number of nitrogens with zero attached hydrogens (tertiary/aromatic N) is 3. The molecule has 1 fully saturated rings. The number of allylic oxidation sites excluding steroid dienone is 2. The molecule has 0 aromatic carbocycles. The quantitative estimate of drug-likeness (QED) is 0.851. The van der Waals surface area contributed by atoms with Crippen LogP contribution in [0.15, 0.2) is 35.4 Å². The van der Waals surface area contributed by atoms with Gasteiger partial charge in [0.05, 0.1) is 22.5 Å². The Morgan fingerprint density at radius 1 is 1.12 bits per heavy atom. The summed E-state index contributed by atoms with van der Waals surface area (Å²) in [6.07, 6.45) is 8.66. The number of thioether (sulfide) groups is 1. The molecule has 1 saturated heterocycles. The highest BCUT2D eigenvalue weighted by Gasteiger charge is 2.37. The van der Waals surface area contributed by atoms with Crippen LogP contribution in [0.1, 0.15) is 46.2 Å². The monoisotopic (exact) mass is 369 g/mol. The molecule has 5 nitrogen and oxygen atoms in total. The molecule has 2 aliphatic heterocycles. The van der Waals surface area contributed by atoms with Gasteiger partial charge in [-0.15, -0.1) is 22.0 Å². The van der Waals surface area contributed by atoms with Crippen LogP contribution in [0.25, 0.3) is 5.57 Å². The molecule has 0 bridgehead atoms. The van der Waals surface area contributed by atoms with E-state index in [0.29, 0.717) is 11.3 Å². The Morgan fingerprint density at radius 3 is 2.58 bits per heavy atom. The topological polar surface area (TPSA) is 62.2 Å². The van der Waals surface area contributed by atoms with Crippen molar-refractivity contribution in [3.8, 4) is 0 Å². The fraction of sp³-hybridized carbons (Fsp3) is 0.550. The molecule has 138 valence electrons. The van der Waals surface area contributed by atoms with Gasteiger partial charge in [-0.2, -0.15) is 0 Å². The van der Waals surface area contributed by atoms with Gasteiger partial charge < -0.3 is 10.6 Å². The van der Waals surface area contributed by atoms with Gasteiger partial charge in [0.25, 0.3) is 0 Å². The van der Waals surface area contributed by atoms with Crippen LogP contribution in [0.5, 0.6) is 0 Å². The smallest absolute Gasteiger partial charge is 0.148 e. The number of aromatic nitrogens is 2. The molecule has 0 amide bonds. The van der Waals surface area contributed by atoms with E-state index in [1.165, 1.54) is 0 Å². The molecule has 3 aliphatic rings. The molecule has 4 rings (SSSR count). The molecule has 6 heteroatoms. The Hall–Kier alpha value is -1.66. The lowest BCUT2D eigenvalue weighted by molar-refractivity contribution is 0.170. The molecule has 1 aromatic rings. The van der Waals surface area contributed by atoms with Crippen molar-refractivity contribution in [3.63, 3.8) is 0 Å². The molecule has 2 atom stereocenters. The standard InChI is InChI=1S/C20H27N5S/c1-19(2)10-14(11-20(3,4)25-19)22-18-8-6-15(23-24-18)13-5-7-17-16(9-13)21-12-26-17/h5-9,12,14,16-17,25H,10-11H2,1-4H3,(H,22,24). The van der Waals surface area contributed by atoms with Gasteiger partial charge in [-0.05, 0) is 64.3 Å². The second kappa shape index (κ2) is 6.50. The summed E-state index contributed by atoms with van der Waals surface area (Å²) >= 11 is 1.77. The highest BCUT2D eigenvalue weighted by molar-refractivity contribution is 8.13. The maximum absolute atomic E-state index is 4.50. The van der Waals surface area contributed by atoms with Crippen LogP contribution in [0.3, 0.4) is 0 Å². The van der Waals surface area contributed by atoms with Crippen molar-refractivity contribution >= 4 is 28.7 Å². The third-order valence-corrected chi connectivity index (χ3v) is 6.10. The van der Waals surface area contributed by atoms with E-state index in [2.05, 4.69) is 77.8 Å². The second-order valence-electron chi connectivity index (χ2n) is 8.77. The second-order valence-corrected chi connectivity index (χ2v) is 9.80. The number of nitrogens with one attached hydrogen (secondary N) is 2. The lowest BCUT2D eigenvalue weighted by Gasteiger charge is -2.46. The Labute approximate surface area is 159 Å². The first-order valence-corrected chi connectivity index (χ1v) is 10.2. The number of rotatable bonds is 3. The minimum Gasteiger partial charge on any atom is -0.366 e. The fourth-order valence-corrected chi connectivity index (χ4v) is 5.27. The molecule has 3 heterocycles. The molecule has 26 heavy (non-hydrogen) atoms. The van der Waals surface area contributed by atoms with Crippen molar-refractivity contribution in [1.82, 2.24) is 15.5 Å². The van der Waals surface area contributed by atoms with Gasteiger partial charge >= 0.3 is 0 Å². The maximum atomic E-state index is 4.50. The summed E-state index contributed by atoms with van der Waals surface area (Å²) in [6, 6.07) is 4.71. The van der Waals surface area contributed by atoms with Crippen molar-refractivity contribution in [2.75, 3.05) is 5.32 Å². The van der Waals surface area contributed by atoms with Crippen LogP contribution in [0.4, 0.5) is 5.82 Å². The van der Waals surface area contributed by atoms with Crippen molar-refractivity contribution in [2.24, 2.45) is 4.99 Å². The summed E-state index contributed by atoms with van der Waals surface area (Å²) in [6.45, 7) is 9.04. The molecular weight excluding hydrogens is 342 g/mol. The van der Waals surface area contributed by atoms with Crippen molar-refractivity contribution in [3.05, 3.63) is 36.1 Å². The Bertz CT molecular complexity index is 747. The van der Waals surface area contributed by atoms with E-state index >= 15 is 0 Å². The SMILES string of the molecule is CC1(C)CC(Nc2ccc(C3=CC4N=CSC4C=C3)nn2)CC(C)(C)N1. The molecule has 0 spiro atoms. The normalized spacial score (nSPS) is 29.3. The van der Waals surface area contributed by atoms with Gasteiger partial charge in [0.1, 0.15) is 5.82 Å². The van der Waals surface area contributed by atoms with Crippen LogP contribution in [0.2, 0.25) is 0 Å². The molecule has 2 N–H and O–H groups in total. The average molecular weight is 370 g/mol. The lowest BCUT2D eigenvalue weighted by atomic mass is 9.79. The number of hydrogen-bond donors (Lipinski definition) is 2. The Morgan fingerprint density at radius 2 is 1.88 bits per heavy atom. The van der Waals surface area contributed by atoms with E-state index in [4.69, 9.17) is 0 Å². The van der Waals surface area contributed by atoms with E-state index < -0.39 is 0 Å². The van der Waals surface area contributed by atoms with E-state index in [1.807, 2.05) is 11.6 Å². The highest BCUT2D eigenvalue weighted by atomic mass is 32.2. The van der Waals surface area contributed by atoms with Gasteiger partial charge in [-0.3, -0.25) is 4.99 Å². The first kappa shape index (κ1) is 17.7. The molecule has 1 aromatic heterocycles. The maximum Gasteiger partial charge on any atom is 0.148 e. The molecule has 1 aliphatic carbocycles. The average Bonchev–Trinajstić information content (AvgIpc) is 3.00. The van der Waals surface area contributed by atoms with Gasteiger partial charge in [0.2, 0.25) is 0 Å². The highest BCUT2D eigenvalue weighted by Crippen LogP contribution is 2.32. The predicted octanol–water partition coefficient (Wildman–Crippen LogP) is 3.66. The third-order valence-electron chi connectivity index (χ3n) is 5.11. The zero-order valence-corrected chi connectivity index (χ0v) is 16.7.